The highest BCUT2D eigenvalue weighted by atomic mass is 79.9. The number of unbranched alkanes of at least 4 members (excludes halogenated alkanes) is 7. The zero-order valence-electron chi connectivity index (χ0n) is 13.4. The fourth-order valence-electron chi connectivity index (χ4n) is 2.54. The lowest BCUT2D eigenvalue weighted by atomic mass is 10.1. The second kappa shape index (κ2) is 10.3. The maximum absolute atomic E-state index is 3.61. The molecule has 2 heteroatoms. The molecule has 0 fully saturated rings. The molecule has 0 heterocycles. The molecule has 1 aromatic rings. The fourth-order valence-corrected chi connectivity index (χ4v) is 2.77. The maximum atomic E-state index is 3.61. The summed E-state index contributed by atoms with van der Waals surface area (Å²) in [6.07, 6.45) is 11.0. The minimum atomic E-state index is 1.09. The van der Waals surface area contributed by atoms with E-state index in [0.29, 0.717) is 0 Å². The van der Waals surface area contributed by atoms with Crippen LogP contribution in [0, 0.1) is 13.8 Å². The first-order valence-corrected chi connectivity index (χ1v) is 8.95. The quantitative estimate of drug-likeness (QED) is 0.472. The van der Waals surface area contributed by atoms with Crippen molar-refractivity contribution >= 4 is 21.6 Å². The molecular weight excluding hydrogens is 310 g/mol. The molecule has 1 rings (SSSR count). The molecule has 1 aromatic carbocycles. The third-order valence-electron chi connectivity index (χ3n) is 3.80. The molecule has 0 atom stereocenters. The van der Waals surface area contributed by atoms with E-state index in [1.165, 1.54) is 72.7 Å². The number of hydrogen-bond donors (Lipinski definition) is 1. The van der Waals surface area contributed by atoms with Crippen LogP contribution in [0.3, 0.4) is 0 Å². The maximum Gasteiger partial charge on any atom is 0.0346 e. The summed E-state index contributed by atoms with van der Waals surface area (Å²) in [5, 5.41) is 3.54. The molecule has 20 heavy (non-hydrogen) atoms. The summed E-state index contributed by atoms with van der Waals surface area (Å²) in [5.41, 5.74) is 3.87. The van der Waals surface area contributed by atoms with E-state index in [1.54, 1.807) is 0 Å². The van der Waals surface area contributed by atoms with Crippen LogP contribution in [0.15, 0.2) is 16.6 Å². The van der Waals surface area contributed by atoms with Gasteiger partial charge in [-0.15, -0.1) is 0 Å². The summed E-state index contributed by atoms with van der Waals surface area (Å²) in [6, 6.07) is 4.45. The normalized spacial score (nSPS) is 10.8. The van der Waals surface area contributed by atoms with Gasteiger partial charge in [0, 0.05) is 16.7 Å². The Hall–Kier alpha value is -0.500. The summed E-state index contributed by atoms with van der Waals surface area (Å²) < 4.78 is 1.23. The van der Waals surface area contributed by atoms with Crippen LogP contribution in [0.5, 0.6) is 0 Å². The Bertz CT molecular complexity index is 364. The molecule has 0 amide bonds. The molecule has 0 bridgehead atoms. The number of rotatable bonds is 10. The topological polar surface area (TPSA) is 12.0 Å². The Balaban J connectivity index is 2.10. The van der Waals surface area contributed by atoms with Gasteiger partial charge in [0.15, 0.2) is 0 Å². The van der Waals surface area contributed by atoms with Gasteiger partial charge < -0.3 is 5.32 Å². The van der Waals surface area contributed by atoms with E-state index in [0.717, 1.165) is 6.54 Å². The van der Waals surface area contributed by atoms with Crippen molar-refractivity contribution < 1.29 is 0 Å². The van der Waals surface area contributed by atoms with Crippen LogP contribution in [0.25, 0.3) is 0 Å². The van der Waals surface area contributed by atoms with Gasteiger partial charge in [0.1, 0.15) is 0 Å². The molecule has 1 nitrogen and oxygen atoms in total. The largest absolute Gasteiger partial charge is 0.385 e. The molecule has 114 valence electrons. The lowest BCUT2D eigenvalue weighted by Gasteiger charge is -2.10. The van der Waals surface area contributed by atoms with E-state index >= 15 is 0 Å². The Morgan fingerprint density at radius 3 is 1.90 bits per heavy atom. The van der Waals surface area contributed by atoms with Crippen molar-refractivity contribution in [2.24, 2.45) is 0 Å². The zero-order chi connectivity index (χ0) is 14.8. The van der Waals surface area contributed by atoms with Crippen LogP contribution in [0.4, 0.5) is 5.69 Å². The Morgan fingerprint density at radius 1 is 0.850 bits per heavy atom. The number of hydrogen-bond acceptors (Lipinski definition) is 1. The van der Waals surface area contributed by atoms with Crippen LogP contribution in [-0.2, 0) is 0 Å². The van der Waals surface area contributed by atoms with Gasteiger partial charge in [-0.25, -0.2) is 0 Å². The second-order valence-electron chi connectivity index (χ2n) is 5.83. The van der Waals surface area contributed by atoms with Crippen LogP contribution >= 0.6 is 15.9 Å². The summed E-state index contributed by atoms with van der Waals surface area (Å²) in [7, 11) is 0. The van der Waals surface area contributed by atoms with Crippen LogP contribution in [-0.4, -0.2) is 6.54 Å². The van der Waals surface area contributed by atoms with Gasteiger partial charge in [-0.05, 0) is 43.5 Å². The molecule has 0 aliphatic carbocycles. The first-order chi connectivity index (χ1) is 9.65. The highest BCUT2D eigenvalue weighted by molar-refractivity contribution is 9.10. The van der Waals surface area contributed by atoms with E-state index in [2.05, 4.69) is 54.2 Å². The summed E-state index contributed by atoms with van der Waals surface area (Å²) in [6.45, 7) is 7.67. The zero-order valence-corrected chi connectivity index (χ0v) is 15.0. The van der Waals surface area contributed by atoms with E-state index < -0.39 is 0 Å². The lowest BCUT2D eigenvalue weighted by Crippen LogP contribution is -2.02. The highest BCUT2D eigenvalue weighted by Gasteiger charge is 2.01. The van der Waals surface area contributed by atoms with Crippen molar-refractivity contribution in [1.82, 2.24) is 0 Å². The van der Waals surface area contributed by atoms with E-state index in [1.807, 2.05) is 0 Å². The molecule has 1 N–H and O–H groups in total. The van der Waals surface area contributed by atoms with E-state index in [4.69, 9.17) is 0 Å². The molecule has 0 saturated heterocycles. The van der Waals surface area contributed by atoms with Crippen molar-refractivity contribution in [3.63, 3.8) is 0 Å². The van der Waals surface area contributed by atoms with Gasteiger partial charge in [0.05, 0.1) is 0 Å². The number of anilines is 1. The number of aryl methyl sites for hydroxylation is 2. The Labute approximate surface area is 133 Å². The Morgan fingerprint density at radius 2 is 1.35 bits per heavy atom. The van der Waals surface area contributed by atoms with Gasteiger partial charge >= 0.3 is 0 Å². The summed E-state index contributed by atoms with van der Waals surface area (Å²) >= 11 is 3.61. The van der Waals surface area contributed by atoms with Gasteiger partial charge in [0.2, 0.25) is 0 Å². The number of halogens is 1. The standard InChI is InChI=1S/C18H30BrN/c1-4-5-6-7-8-9-10-11-12-20-17-13-15(2)18(19)16(3)14-17/h13-14,20H,4-12H2,1-3H3. The second-order valence-corrected chi connectivity index (χ2v) is 6.62. The fraction of sp³-hybridized carbons (Fsp3) is 0.667. The van der Waals surface area contributed by atoms with E-state index in [9.17, 15) is 0 Å². The van der Waals surface area contributed by atoms with Crippen molar-refractivity contribution in [1.29, 1.82) is 0 Å². The third kappa shape index (κ3) is 6.78. The summed E-state index contributed by atoms with van der Waals surface area (Å²) in [5.74, 6) is 0. The summed E-state index contributed by atoms with van der Waals surface area (Å²) in [4.78, 5) is 0. The van der Waals surface area contributed by atoms with Crippen molar-refractivity contribution in [2.45, 2.75) is 72.1 Å². The molecule has 0 aromatic heterocycles. The lowest BCUT2D eigenvalue weighted by molar-refractivity contribution is 0.581. The molecule has 0 unspecified atom stereocenters. The third-order valence-corrected chi connectivity index (χ3v) is 5.05. The van der Waals surface area contributed by atoms with Gasteiger partial charge in [-0.1, -0.05) is 67.8 Å². The smallest absolute Gasteiger partial charge is 0.0346 e. The molecule has 0 saturated carbocycles. The van der Waals surface area contributed by atoms with Crippen LogP contribution in [0.1, 0.15) is 69.4 Å². The predicted molar refractivity (Wildman–Crippen MR) is 94.7 cm³/mol. The SMILES string of the molecule is CCCCCCCCCCNc1cc(C)c(Br)c(C)c1. The van der Waals surface area contributed by atoms with Crippen molar-refractivity contribution in [2.75, 3.05) is 11.9 Å². The first-order valence-electron chi connectivity index (χ1n) is 8.15. The average Bonchev–Trinajstić information content (AvgIpc) is 2.43. The molecule has 0 spiro atoms. The number of nitrogens with one attached hydrogen (secondary N) is 1. The molecule has 0 radical (unpaired) electrons. The predicted octanol–water partition coefficient (Wildman–Crippen LogP) is 6.62. The molecule has 0 aliphatic rings. The minimum Gasteiger partial charge on any atom is -0.385 e. The van der Waals surface area contributed by atoms with Crippen molar-refractivity contribution in [3.8, 4) is 0 Å². The van der Waals surface area contributed by atoms with Gasteiger partial charge in [-0.3, -0.25) is 0 Å². The highest BCUT2D eigenvalue weighted by Crippen LogP contribution is 2.25. The first kappa shape index (κ1) is 17.6. The van der Waals surface area contributed by atoms with Gasteiger partial charge in [-0.2, -0.15) is 0 Å². The Kier molecular flexibility index (Phi) is 9.00. The molecule has 0 aliphatic heterocycles. The van der Waals surface area contributed by atoms with Crippen LogP contribution < -0.4 is 5.32 Å². The molecular formula is C18H30BrN. The minimum absolute atomic E-state index is 1.09. The number of benzene rings is 1. The van der Waals surface area contributed by atoms with Gasteiger partial charge in [0.25, 0.3) is 0 Å². The van der Waals surface area contributed by atoms with Crippen LogP contribution in [0.2, 0.25) is 0 Å². The van der Waals surface area contributed by atoms with E-state index in [-0.39, 0.29) is 0 Å². The van der Waals surface area contributed by atoms with Crippen molar-refractivity contribution in [3.05, 3.63) is 27.7 Å². The monoisotopic (exact) mass is 339 g/mol. The average molecular weight is 340 g/mol.